The number of anilines is 3. The number of hydrogen-bond donors (Lipinski definition) is 1. The number of para-hydroxylation sites is 3. The molecule has 7 heteroatoms. The predicted octanol–water partition coefficient (Wildman–Crippen LogP) is 12.8. The summed E-state index contributed by atoms with van der Waals surface area (Å²) in [5, 5.41) is 3.37. The van der Waals surface area contributed by atoms with Crippen LogP contribution in [0, 0.1) is 0 Å². The molecule has 0 radical (unpaired) electrons. The maximum absolute atomic E-state index is 7.60. The molecule has 3 aromatic heterocycles. The molecule has 0 bridgehead atoms. The van der Waals surface area contributed by atoms with Gasteiger partial charge >= 0.3 is 0 Å². The summed E-state index contributed by atoms with van der Waals surface area (Å²) < 4.78 is 4.55. The lowest BCUT2D eigenvalue weighted by Gasteiger charge is -2.26. The molecule has 7 nitrogen and oxygen atoms in total. The molecule has 8 aromatic carbocycles. The van der Waals surface area contributed by atoms with Gasteiger partial charge in [0, 0.05) is 56.5 Å². The number of fused-ring (bicyclic) bond motifs is 4. The van der Waals surface area contributed by atoms with Crippen molar-refractivity contribution in [1.29, 1.82) is 0 Å². The first-order chi connectivity index (χ1) is 30.2. The fourth-order valence-electron chi connectivity index (χ4n) is 8.56. The Labute approximate surface area is 353 Å². The number of nitrogens with zero attached hydrogens (tertiary/aromatic N) is 6. The first-order valence-electron chi connectivity index (χ1n) is 20.4. The van der Waals surface area contributed by atoms with Crippen molar-refractivity contribution in [2.45, 2.75) is 6.54 Å². The lowest BCUT2D eigenvalue weighted by Crippen LogP contribution is -2.18. The first-order valence-corrected chi connectivity index (χ1v) is 20.4. The molecule has 0 amide bonds. The highest BCUT2D eigenvalue weighted by Gasteiger charge is 2.26. The van der Waals surface area contributed by atoms with Gasteiger partial charge in [-0.15, -0.1) is 0 Å². The molecule has 2 N–H and O–H groups in total. The van der Waals surface area contributed by atoms with E-state index in [-0.39, 0.29) is 0 Å². The van der Waals surface area contributed by atoms with E-state index in [2.05, 4.69) is 166 Å². The number of aromatic nitrogens is 5. The molecule has 0 aliphatic heterocycles. The van der Waals surface area contributed by atoms with Crippen LogP contribution in [0.25, 0.3) is 78.2 Å². The number of hydrogen-bond acceptors (Lipinski definition) is 5. The lowest BCUT2D eigenvalue weighted by molar-refractivity contribution is 0.977. The van der Waals surface area contributed by atoms with Gasteiger partial charge in [-0.2, -0.15) is 0 Å². The average molecular weight is 786 g/mol. The van der Waals surface area contributed by atoms with E-state index in [0.29, 0.717) is 29.8 Å². The van der Waals surface area contributed by atoms with Crippen LogP contribution in [-0.2, 0) is 6.54 Å². The van der Waals surface area contributed by atoms with E-state index in [0.717, 1.165) is 66.8 Å². The summed E-state index contributed by atoms with van der Waals surface area (Å²) in [6.07, 6.45) is 0. The number of benzene rings is 8. The van der Waals surface area contributed by atoms with E-state index in [1.807, 2.05) is 60.7 Å². The Morgan fingerprint density at radius 3 is 1.56 bits per heavy atom. The molecule has 3 heterocycles. The third kappa shape index (κ3) is 6.45. The van der Waals surface area contributed by atoms with Gasteiger partial charge in [-0.05, 0) is 60.2 Å². The molecule has 290 valence electrons. The highest BCUT2D eigenvalue weighted by Crippen LogP contribution is 2.46. The van der Waals surface area contributed by atoms with Crippen LogP contribution in [0.1, 0.15) is 5.56 Å². The second-order valence-corrected chi connectivity index (χ2v) is 15.1. The minimum atomic E-state index is 0.575. The third-order valence-corrected chi connectivity index (χ3v) is 11.4. The Bertz CT molecular complexity index is 3270. The average Bonchev–Trinajstić information content (AvgIpc) is 3.81. The molecular formula is C54H39N7. The summed E-state index contributed by atoms with van der Waals surface area (Å²) in [7, 11) is 0. The van der Waals surface area contributed by atoms with Crippen LogP contribution < -0.4 is 10.6 Å². The van der Waals surface area contributed by atoms with Crippen molar-refractivity contribution in [3.63, 3.8) is 0 Å². The van der Waals surface area contributed by atoms with Crippen molar-refractivity contribution >= 4 is 49.9 Å². The molecule has 0 aliphatic carbocycles. The van der Waals surface area contributed by atoms with E-state index in [1.54, 1.807) is 0 Å². The molecule has 61 heavy (non-hydrogen) atoms. The Balaban J connectivity index is 1.18. The smallest absolute Gasteiger partial charge is 0.164 e. The molecule has 0 unspecified atom stereocenters. The molecule has 0 fully saturated rings. The molecular weight excluding hydrogens is 747 g/mol. The van der Waals surface area contributed by atoms with Crippen molar-refractivity contribution in [3.8, 4) is 45.5 Å². The molecule has 0 aliphatic rings. The summed E-state index contributed by atoms with van der Waals surface area (Å²) in [5.41, 5.74) is 18.6. The van der Waals surface area contributed by atoms with Crippen LogP contribution in [0.5, 0.6) is 0 Å². The predicted molar refractivity (Wildman–Crippen MR) is 250 cm³/mol. The van der Waals surface area contributed by atoms with Crippen molar-refractivity contribution in [3.05, 3.63) is 218 Å². The van der Waals surface area contributed by atoms with Gasteiger partial charge in [0.2, 0.25) is 0 Å². The van der Waals surface area contributed by atoms with Crippen LogP contribution in [-0.4, -0.2) is 24.1 Å². The maximum Gasteiger partial charge on any atom is 0.164 e. The number of nitrogens with two attached hydrogens (primary N) is 1. The minimum Gasteiger partial charge on any atom is -0.383 e. The topological polar surface area (TPSA) is 77.8 Å². The zero-order valence-corrected chi connectivity index (χ0v) is 33.2. The fourth-order valence-corrected chi connectivity index (χ4v) is 8.56. The van der Waals surface area contributed by atoms with Gasteiger partial charge in [0.1, 0.15) is 5.82 Å². The summed E-state index contributed by atoms with van der Waals surface area (Å²) in [5.74, 6) is 2.42. The third-order valence-electron chi connectivity index (χ3n) is 11.4. The lowest BCUT2D eigenvalue weighted by atomic mass is 10.1. The molecule has 0 atom stereocenters. The summed E-state index contributed by atoms with van der Waals surface area (Å²) in [6, 6.07) is 73.5. The van der Waals surface area contributed by atoms with E-state index in [1.165, 1.54) is 10.9 Å². The second kappa shape index (κ2) is 15.1. The van der Waals surface area contributed by atoms with Crippen molar-refractivity contribution in [2.75, 3.05) is 10.6 Å². The summed E-state index contributed by atoms with van der Waals surface area (Å²) in [6.45, 7) is 0.618. The molecule has 0 saturated heterocycles. The zero-order valence-electron chi connectivity index (χ0n) is 33.2. The quantitative estimate of drug-likeness (QED) is 0.158. The second-order valence-electron chi connectivity index (χ2n) is 15.1. The molecule has 11 aromatic rings. The van der Waals surface area contributed by atoms with E-state index in [4.69, 9.17) is 20.7 Å². The highest BCUT2D eigenvalue weighted by molar-refractivity contribution is 6.17. The van der Waals surface area contributed by atoms with Crippen LogP contribution in [0.4, 0.5) is 17.2 Å². The van der Waals surface area contributed by atoms with Gasteiger partial charge in [0.15, 0.2) is 17.5 Å². The van der Waals surface area contributed by atoms with Gasteiger partial charge in [0.05, 0.1) is 22.2 Å². The highest BCUT2D eigenvalue weighted by atomic mass is 15.2. The van der Waals surface area contributed by atoms with Gasteiger partial charge < -0.3 is 15.2 Å². The number of nitrogen functional groups attached to an aromatic ring is 1. The Morgan fingerprint density at radius 1 is 0.393 bits per heavy atom. The van der Waals surface area contributed by atoms with Crippen molar-refractivity contribution < 1.29 is 0 Å². The van der Waals surface area contributed by atoms with Gasteiger partial charge in [-0.3, -0.25) is 4.57 Å². The summed E-state index contributed by atoms with van der Waals surface area (Å²) >= 11 is 0. The Kier molecular flexibility index (Phi) is 8.90. The largest absolute Gasteiger partial charge is 0.383 e. The van der Waals surface area contributed by atoms with Crippen molar-refractivity contribution in [1.82, 2.24) is 24.1 Å². The fraction of sp³-hybridized carbons (Fsp3) is 0.0185. The summed E-state index contributed by atoms with van der Waals surface area (Å²) in [4.78, 5) is 17.4. The zero-order chi connectivity index (χ0) is 40.7. The standard InChI is InChI=1S/C54H39N7/c55-51-50(59(41-26-12-4-13-27-41)36-37-19-6-1-7-20-37)46-34-45-44-31-16-17-32-47(44)60(42-28-14-5-15-29-42)48(45)35-49(46)61(51)43-30-18-25-40(33-43)54-57-52(38-21-8-2-9-22-38)56-53(58-54)39-23-10-3-11-24-39/h1-35H,36,55H2. The molecule has 0 saturated carbocycles. The van der Waals surface area contributed by atoms with Crippen LogP contribution >= 0.6 is 0 Å². The SMILES string of the molecule is Nc1c(N(Cc2ccccc2)c2ccccc2)c2cc3c4ccccc4n(-c4ccccc4)c3cc2n1-c1cccc(-c2nc(-c3ccccc3)nc(-c3ccccc3)n2)c1. The van der Waals surface area contributed by atoms with E-state index in [9.17, 15) is 0 Å². The van der Waals surface area contributed by atoms with Crippen LogP contribution in [0.15, 0.2) is 212 Å². The normalized spacial score (nSPS) is 11.4. The van der Waals surface area contributed by atoms with Crippen LogP contribution in [0.2, 0.25) is 0 Å². The van der Waals surface area contributed by atoms with Gasteiger partial charge in [-0.25, -0.2) is 15.0 Å². The van der Waals surface area contributed by atoms with Crippen molar-refractivity contribution in [2.24, 2.45) is 0 Å². The first kappa shape index (κ1) is 35.8. The number of rotatable bonds is 9. The molecule has 11 rings (SSSR count). The van der Waals surface area contributed by atoms with E-state index >= 15 is 0 Å². The Morgan fingerprint density at radius 2 is 0.902 bits per heavy atom. The minimum absolute atomic E-state index is 0.575. The maximum atomic E-state index is 7.60. The monoisotopic (exact) mass is 785 g/mol. The van der Waals surface area contributed by atoms with E-state index < -0.39 is 0 Å². The molecule has 0 spiro atoms. The Hall–Kier alpha value is -8.29. The van der Waals surface area contributed by atoms with Gasteiger partial charge in [-0.1, -0.05) is 158 Å². The van der Waals surface area contributed by atoms with Crippen LogP contribution in [0.3, 0.4) is 0 Å². The van der Waals surface area contributed by atoms with Gasteiger partial charge in [0.25, 0.3) is 0 Å².